The number of amides is 2. The molecule has 160 valence electrons. The van der Waals surface area contributed by atoms with E-state index in [2.05, 4.69) is 0 Å². The summed E-state index contributed by atoms with van der Waals surface area (Å²) < 4.78 is 10.8. The zero-order chi connectivity index (χ0) is 22.3. The molecule has 0 unspecified atom stereocenters. The van der Waals surface area contributed by atoms with Gasteiger partial charge in [-0.3, -0.25) is 4.79 Å². The van der Waals surface area contributed by atoms with Gasteiger partial charge in [-0.1, -0.05) is 48.3 Å². The highest BCUT2D eigenvalue weighted by Crippen LogP contribution is 2.55. The van der Waals surface area contributed by atoms with Gasteiger partial charge in [0.2, 0.25) is 5.91 Å². The van der Waals surface area contributed by atoms with Crippen LogP contribution in [0, 0.1) is 0 Å². The molecule has 3 rings (SSSR count). The zero-order valence-electron chi connectivity index (χ0n) is 17.7. The maximum Gasteiger partial charge on any atom is 0.417 e. The van der Waals surface area contributed by atoms with Crippen LogP contribution >= 0.6 is 23.2 Å². The van der Waals surface area contributed by atoms with Crippen LogP contribution in [0.3, 0.4) is 0 Å². The number of imide groups is 1. The molecule has 1 saturated heterocycles. The van der Waals surface area contributed by atoms with Crippen molar-refractivity contribution in [2.75, 3.05) is 7.11 Å². The second kappa shape index (κ2) is 8.12. The number of hydrogen-bond donors (Lipinski definition) is 0. The number of halogens is 2. The molecule has 1 fully saturated rings. The molecule has 0 bridgehead atoms. The van der Waals surface area contributed by atoms with Gasteiger partial charge in [0.15, 0.2) is 0 Å². The van der Waals surface area contributed by atoms with E-state index in [-0.39, 0.29) is 5.91 Å². The Hall–Kier alpha value is -2.24. The molecule has 0 aliphatic carbocycles. The SMILES string of the molecule is CC[C@@]1(c2ccc(OC)cc2)C(=O)N(C(=O)OC(C)(C)C)[C@@H]1c1ccc(Cl)cc1Cl. The summed E-state index contributed by atoms with van der Waals surface area (Å²) in [4.78, 5) is 27.6. The van der Waals surface area contributed by atoms with Gasteiger partial charge in [-0.2, -0.15) is 0 Å². The van der Waals surface area contributed by atoms with Gasteiger partial charge in [0, 0.05) is 10.0 Å². The van der Waals surface area contributed by atoms with Crippen LogP contribution in [0.1, 0.15) is 51.3 Å². The third-order valence-corrected chi connectivity index (χ3v) is 5.90. The molecular weight excluding hydrogens is 425 g/mol. The lowest BCUT2D eigenvalue weighted by molar-refractivity contribution is -0.159. The largest absolute Gasteiger partial charge is 0.497 e. The lowest BCUT2D eigenvalue weighted by Gasteiger charge is -2.55. The van der Waals surface area contributed by atoms with E-state index in [1.807, 2.05) is 19.1 Å². The number of β-lactam (4-membered cyclic amide) rings is 1. The van der Waals surface area contributed by atoms with Crippen molar-refractivity contribution < 1.29 is 19.1 Å². The van der Waals surface area contributed by atoms with Gasteiger partial charge in [-0.25, -0.2) is 9.69 Å². The molecule has 0 saturated carbocycles. The van der Waals surface area contributed by atoms with E-state index >= 15 is 0 Å². The van der Waals surface area contributed by atoms with Crippen molar-refractivity contribution in [3.8, 4) is 5.75 Å². The number of carbonyl (C=O) groups excluding carboxylic acids is 2. The van der Waals surface area contributed by atoms with Crippen LogP contribution in [-0.2, 0) is 14.9 Å². The van der Waals surface area contributed by atoms with Crippen molar-refractivity contribution in [3.63, 3.8) is 0 Å². The first-order valence-corrected chi connectivity index (χ1v) is 10.5. The molecule has 2 amide bonds. The molecule has 0 radical (unpaired) electrons. The minimum atomic E-state index is -0.958. The van der Waals surface area contributed by atoms with Gasteiger partial charge in [-0.15, -0.1) is 0 Å². The van der Waals surface area contributed by atoms with Gasteiger partial charge in [-0.05, 0) is 62.6 Å². The molecule has 30 heavy (non-hydrogen) atoms. The third-order valence-electron chi connectivity index (χ3n) is 5.34. The minimum absolute atomic E-state index is 0.319. The van der Waals surface area contributed by atoms with Crippen LogP contribution in [0.25, 0.3) is 0 Å². The Balaban J connectivity index is 2.14. The molecule has 0 spiro atoms. The molecule has 2 aromatic rings. The average Bonchev–Trinajstić information content (AvgIpc) is 2.66. The Bertz CT molecular complexity index is 968. The summed E-state index contributed by atoms with van der Waals surface area (Å²) in [6.45, 7) is 7.20. The molecular formula is C23H25Cl2NO4. The second-order valence-electron chi connectivity index (χ2n) is 8.28. The fourth-order valence-corrected chi connectivity index (χ4v) is 4.46. The number of likely N-dealkylation sites (tertiary alicyclic amines) is 1. The highest BCUT2D eigenvalue weighted by atomic mass is 35.5. The average molecular weight is 450 g/mol. The lowest BCUT2D eigenvalue weighted by Crippen LogP contribution is -2.68. The summed E-state index contributed by atoms with van der Waals surface area (Å²) in [5.41, 5.74) is -0.271. The molecule has 0 N–H and O–H groups in total. The molecule has 1 aliphatic rings. The molecule has 0 aromatic heterocycles. The summed E-state index contributed by atoms with van der Waals surface area (Å²) in [5, 5.41) is 0.865. The normalized spacial score (nSPS) is 21.2. The third kappa shape index (κ3) is 3.77. The fraction of sp³-hybridized carbons (Fsp3) is 0.391. The topological polar surface area (TPSA) is 55.8 Å². The molecule has 7 heteroatoms. The molecule has 2 aromatic carbocycles. The first-order chi connectivity index (χ1) is 14.0. The highest BCUT2D eigenvalue weighted by Gasteiger charge is 2.64. The molecule has 1 heterocycles. The van der Waals surface area contributed by atoms with Crippen molar-refractivity contribution in [1.29, 1.82) is 0 Å². The summed E-state index contributed by atoms with van der Waals surface area (Å²) in [6, 6.07) is 11.8. The van der Waals surface area contributed by atoms with E-state index < -0.39 is 23.2 Å². The van der Waals surface area contributed by atoms with Crippen LogP contribution in [-0.4, -0.2) is 29.6 Å². The van der Waals surface area contributed by atoms with Crippen molar-refractivity contribution in [1.82, 2.24) is 4.90 Å². The van der Waals surface area contributed by atoms with Gasteiger partial charge in [0.25, 0.3) is 0 Å². The fourth-order valence-electron chi connectivity index (χ4n) is 3.95. The smallest absolute Gasteiger partial charge is 0.417 e. The monoisotopic (exact) mass is 449 g/mol. The van der Waals surface area contributed by atoms with E-state index in [0.717, 1.165) is 10.5 Å². The molecule has 5 nitrogen and oxygen atoms in total. The lowest BCUT2D eigenvalue weighted by atomic mass is 9.62. The highest BCUT2D eigenvalue weighted by molar-refractivity contribution is 6.35. The zero-order valence-corrected chi connectivity index (χ0v) is 19.2. The van der Waals surface area contributed by atoms with Crippen molar-refractivity contribution in [3.05, 3.63) is 63.6 Å². The number of rotatable bonds is 4. The number of benzene rings is 2. The Morgan fingerprint density at radius 2 is 1.77 bits per heavy atom. The predicted octanol–water partition coefficient (Wildman–Crippen LogP) is 6.17. The van der Waals surface area contributed by atoms with E-state index in [1.165, 1.54) is 0 Å². The number of nitrogens with zero attached hydrogens (tertiary/aromatic N) is 1. The van der Waals surface area contributed by atoms with Gasteiger partial charge >= 0.3 is 6.09 Å². The minimum Gasteiger partial charge on any atom is -0.497 e. The van der Waals surface area contributed by atoms with E-state index in [0.29, 0.717) is 27.8 Å². The summed E-state index contributed by atoms with van der Waals surface area (Å²) >= 11 is 12.6. The summed E-state index contributed by atoms with van der Waals surface area (Å²) in [6.07, 6.45) is -0.220. The Labute approximate surface area is 186 Å². The van der Waals surface area contributed by atoms with Crippen LogP contribution in [0.5, 0.6) is 5.75 Å². The van der Waals surface area contributed by atoms with Crippen molar-refractivity contribution in [2.24, 2.45) is 0 Å². The molecule has 2 atom stereocenters. The summed E-state index contributed by atoms with van der Waals surface area (Å²) in [5.74, 6) is 0.363. The maximum absolute atomic E-state index is 13.5. The number of hydrogen-bond acceptors (Lipinski definition) is 4. The van der Waals surface area contributed by atoms with Crippen LogP contribution in [0.15, 0.2) is 42.5 Å². The first kappa shape index (κ1) is 22.4. The standard InChI is InChI=1S/C23H25Cl2NO4/c1-6-23(14-7-10-16(29-5)11-8-14)19(17-12-9-15(24)13-18(17)25)26(20(23)27)21(28)30-22(2,3)4/h7-13,19H,6H2,1-5H3/t19-,23+/m1/s1. The van der Waals surface area contributed by atoms with Crippen molar-refractivity contribution in [2.45, 2.75) is 51.2 Å². The maximum atomic E-state index is 13.5. The van der Waals surface area contributed by atoms with Crippen molar-refractivity contribution >= 4 is 35.2 Å². The number of ether oxygens (including phenoxy) is 2. The Kier molecular flexibility index (Phi) is 6.08. The van der Waals surface area contributed by atoms with E-state index in [4.69, 9.17) is 32.7 Å². The number of carbonyl (C=O) groups is 2. The Morgan fingerprint density at radius 3 is 2.27 bits per heavy atom. The van der Waals surface area contributed by atoms with Gasteiger partial charge in [0.1, 0.15) is 11.4 Å². The predicted molar refractivity (Wildman–Crippen MR) is 117 cm³/mol. The quantitative estimate of drug-likeness (QED) is 0.523. The summed E-state index contributed by atoms with van der Waals surface area (Å²) in [7, 11) is 1.58. The van der Waals surface area contributed by atoms with Gasteiger partial charge in [0.05, 0.1) is 18.6 Å². The Morgan fingerprint density at radius 1 is 1.13 bits per heavy atom. The van der Waals surface area contributed by atoms with Crippen LogP contribution in [0.2, 0.25) is 10.0 Å². The van der Waals surface area contributed by atoms with Crippen LogP contribution < -0.4 is 4.74 Å². The first-order valence-electron chi connectivity index (χ1n) is 9.71. The molecule has 1 aliphatic heterocycles. The van der Waals surface area contributed by atoms with Gasteiger partial charge < -0.3 is 9.47 Å². The number of methoxy groups -OCH3 is 1. The van der Waals surface area contributed by atoms with E-state index in [1.54, 1.807) is 58.2 Å². The second-order valence-corrected chi connectivity index (χ2v) is 9.12. The van der Waals surface area contributed by atoms with Crippen LogP contribution in [0.4, 0.5) is 4.79 Å². The van der Waals surface area contributed by atoms with E-state index in [9.17, 15) is 9.59 Å².